The van der Waals surface area contributed by atoms with E-state index < -0.39 is 6.16 Å². The molecular formula is CH2NiO4. The molecule has 5 heteroatoms. The van der Waals surface area contributed by atoms with Gasteiger partial charge in [0.25, 0.3) is 0 Å². The maximum absolute atomic E-state index is 8.33. The molecule has 40 valence electrons. The van der Waals surface area contributed by atoms with Gasteiger partial charge in [-0.3, -0.25) is 0 Å². The van der Waals surface area contributed by atoms with E-state index in [0.29, 0.717) is 0 Å². The topological polar surface area (TPSA) is 94.7 Å². The maximum atomic E-state index is 8.33. The van der Waals surface area contributed by atoms with E-state index in [1.54, 1.807) is 0 Å². The second kappa shape index (κ2) is 8.83. The van der Waals surface area contributed by atoms with E-state index in [2.05, 4.69) is 0 Å². The van der Waals surface area contributed by atoms with E-state index >= 15 is 0 Å². The Bertz CT molecular complexity index is 30.5. The third kappa shape index (κ3) is 361. The number of hydrogen-bond acceptors (Lipinski definition) is 3. The summed E-state index contributed by atoms with van der Waals surface area (Å²) in [5.74, 6) is 0. The van der Waals surface area contributed by atoms with Crippen LogP contribution in [0.1, 0.15) is 0 Å². The Kier molecular flexibility index (Phi) is 25.3. The van der Waals surface area contributed by atoms with Gasteiger partial charge in [0, 0.05) is 0 Å². The van der Waals surface area contributed by atoms with E-state index in [-0.39, 0.29) is 22.0 Å². The average molecular weight is 137 g/mol. The van der Waals surface area contributed by atoms with Crippen LogP contribution in [0.15, 0.2) is 0 Å². The van der Waals surface area contributed by atoms with Gasteiger partial charge in [0.15, 0.2) is 0 Å². The van der Waals surface area contributed by atoms with Crippen LogP contribution in [0.4, 0.5) is 4.79 Å². The van der Waals surface area contributed by atoms with Crippen molar-refractivity contribution < 1.29 is 37.0 Å². The van der Waals surface area contributed by atoms with Crippen molar-refractivity contribution in [2.24, 2.45) is 0 Å². The Hall–Kier alpha value is -0.276. The quantitative estimate of drug-likeness (QED) is 0.327. The van der Waals surface area contributed by atoms with E-state index in [4.69, 9.17) is 15.0 Å². The van der Waals surface area contributed by atoms with Gasteiger partial charge >= 0.3 is 16.5 Å². The van der Waals surface area contributed by atoms with Crippen LogP contribution in [0.3, 0.4) is 0 Å². The third-order valence-electron chi connectivity index (χ3n) is 0. The molecular weight excluding hydrogens is 135 g/mol. The normalized spacial score (nSPS) is 4.00. The van der Waals surface area contributed by atoms with Crippen molar-refractivity contribution in [3.8, 4) is 0 Å². The molecule has 6 heavy (non-hydrogen) atoms. The molecule has 0 aromatic heterocycles. The van der Waals surface area contributed by atoms with Crippen molar-refractivity contribution in [1.82, 2.24) is 0 Å². The van der Waals surface area contributed by atoms with Gasteiger partial charge in [-0.1, -0.05) is 0 Å². The van der Waals surface area contributed by atoms with Gasteiger partial charge in [0.05, 0.1) is 0 Å². The van der Waals surface area contributed by atoms with Crippen molar-refractivity contribution in [1.29, 1.82) is 0 Å². The van der Waals surface area contributed by atoms with Gasteiger partial charge in [0.2, 0.25) is 0 Å². The first-order chi connectivity index (χ1) is 1.73. The Morgan fingerprint density at radius 2 is 1.33 bits per heavy atom. The Morgan fingerprint density at radius 1 is 1.33 bits per heavy atom. The summed E-state index contributed by atoms with van der Waals surface area (Å²) in [6.07, 6.45) is -2.33. The molecule has 0 aliphatic heterocycles. The first-order valence-corrected chi connectivity index (χ1v) is 0.612. The molecule has 0 saturated carbocycles. The molecule has 0 spiro atoms. The van der Waals surface area contributed by atoms with Crippen molar-refractivity contribution in [2.75, 3.05) is 0 Å². The molecule has 0 heterocycles. The number of carbonyl (C=O) groups is 1. The van der Waals surface area contributed by atoms with Crippen LogP contribution < -0.4 is 10.2 Å². The summed E-state index contributed by atoms with van der Waals surface area (Å²) in [7, 11) is 0. The summed E-state index contributed by atoms with van der Waals surface area (Å²) in [5, 5.41) is 16.7. The molecule has 2 N–H and O–H groups in total. The minimum Gasteiger partial charge on any atom is -0.652 e. The largest absolute Gasteiger partial charge is 2.00 e. The molecule has 0 aromatic rings. The third-order valence-corrected chi connectivity index (χ3v) is 0. The van der Waals surface area contributed by atoms with Gasteiger partial charge in [-0.2, -0.15) is 0 Å². The summed E-state index contributed by atoms with van der Waals surface area (Å²) >= 11 is 0. The summed E-state index contributed by atoms with van der Waals surface area (Å²) in [4.78, 5) is 8.33. The molecule has 0 saturated heterocycles. The molecule has 0 fully saturated rings. The van der Waals surface area contributed by atoms with E-state index in [1.165, 1.54) is 0 Å². The van der Waals surface area contributed by atoms with Gasteiger partial charge in [0.1, 0.15) is 0 Å². The SMILES string of the molecule is O.O=C([O-])[O-].[Ni+2]. The van der Waals surface area contributed by atoms with Crippen molar-refractivity contribution in [3.05, 3.63) is 0 Å². The molecule has 0 aromatic carbocycles. The van der Waals surface area contributed by atoms with Crippen LogP contribution in [-0.4, -0.2) is 11.6 Å². The summed E-state index contributed by atoms with van der Waals surface area (Å²) < 4.78 is 0. The fraction of sp³-hybridized carbons (Fsp3) is 0. The smallest absolute Gasteiger partial charge is 0.652 e. The first kappa shape index (κ1) is 17.2. The van der Waals surface area contributed by atoms with Crippen LogP contribution in [0, 0.1) is 0 Å². The number of hydrogen-bond donors (Lipinski definition) is 0. The zero-order valence-corrected chi connectivity index (χ0v) is 3.53. The summed E-state index contributed by atoms with van der Waals surface area (Å²) in [6, 6.07) is 0. The molecule has 4 nitrogen and oxygen atoms in total. The molecule has 0 radical (unpaired) electrons. The van der Waals surface area contributed by atoms with Crippen LogP contribution >= 0.6 is 0 Å². The molecule has 0 aliphatic carbocycles. The maximum Gasteiger partial charge on any atom is 2.00 e. The monoisotopic (exact) mass is 136 g/mol. The Balaban J connectivity index is -0.0000000450. The number of carboxylic acid groups (broad SMARTS) is 2. The molecule has 0 atom stereocenters. The van der Waals surface area contributed by atoms with Crippen LogP contribution in [0.5, 0.6) is 0 Å². The van der Waals surface area contributed by atoms with E-state index in [0.717, 1.165) is 0 Å². The van der Waals surface area contributed by atoms with Crippen molar-refractivity contribution >= 4 is 6.16 Å². The molecule has 0 bridgehead atoms. The standard InChI is InChI=1S/CH2O3.Ni.H2O/c2-1(3)4;;/h(H2,2,3,4);;1H2/q;+2;/p-2. The fourth-order valence-electron chi connectivity index (χ4n) is 0. The van der Waals surface area contributed by atoms with Gasteiger partial charge in [-0.15, -0.1) is 0 Å². The second-order valence-corrected chi connectivity index (χ2v) is 0.250. The Morgan fingerprint density at radius 3 is 1.33 bits per heavy atom. The molecule has 0 amide bonds. The molecule has 0 rings (SSSR count). The fourth-order valence-corrected chi connectivity index (χ4v) is 0. The summed E-state index contributed by atoms with van der Waals surface area (Å²) in [6.45, 7) is 0. The average Bonchev–Trinajstić information content (AvgIpc) is 0.811. The zero-order valence-electron chi connectivity index (χ0n) is 2.54. The van der Waals surface area contributed by atoms with Gasteiger partial charge in [-0.25, -0.2) is 0 Å². The minimum atomic E-state index is -2.33. The zero-order chi connectivity index (χ0) is 3.58. The van der Waals surface area contributed by atoms with E-state index in [9.17, 15) is 0 Å². The molecule has 0 unspecified atom stereocenters. The first-order valence-electron chi connectivity index (χ1n) is 0.612. The molecule has 0 aliphatic rings. The van der Waals surface area contributed by atoms with E-state index in [1.807, 2.05) is 0 Å². The predicted molar refractivity (Wildman–Crippen MR) is 9.01 cm³/mol. The number of rotatable bonds is 0. The Labute approximate surface area is 44.0 Å². The minimum absolute atomic E-state index is 0. The second-order valence-electron chi connectivity index (χ2n) is 0.250. The predicted octanol–water partition coefficient (Wildman–Crippen LogP) is -3.27. The van der Waals surface area contributed by atoms with Crippen LogP contribution in [0.25, 0.3) is 0 Å². The number of carbonyl (C=O) groups excluding carboxylic acids is 1. The van der Waals surface area contributed by atoms with Crippen molar-refractivity contribution in [3.63, 3.8) is 0 Å². The summed E-state index contributed by atoms with van der Waals surface area (Å²) in [5.41, 5.74) is 0. The van der Waals surface area contributed by atoms with Gasteiger partial charge in [-0.05, 0) is 6.16 Å². The van der Waals surface area contributed by atoms with Gasteiger partial charge < -0.3 is 20.5 Å². The van der Waals surface area contributed by atoms with Crippen LogP contribution in [-0.2, 0) is 16.5 Å². The van der Waals surface area contributed by atoms with Crippen molar-refractivity contribution in [2.45, 2.75) is 0 Å². The van der Waals surface area contributed by atoms with Crippen LogP contribution in [0.2, 0.25) is 0 Å².